The Morgan fingerprint density at radius 1 is 1.29 bits per heavy atom. The highest BCUT2D eigenvalue weighted by Gasteiger charge is 2.56. The maximum Gasteiger partial charge on any atom is 0.224 e. The highest BCUT2D eigenvalue weighted by atomic mass is 16.3. The van der Waals surface area contributed by atoms with Crippen molar-refractivity contribution >= 4 is 5.91 Å². The molecule has 2 atom stereocenters. The van der Waals surface area contributed by atoms with Crippen LogP contribution in [0.2, 0.25) is 0 Å². The average molecular weight is 199 g/mol. The number of amides is 1. The molecule has 14 heavy (non-hydrogen) atoms. The van der Waals surface area contributed by atoms with Crippen LogP contribution in [0, 0.1) is 17.8 Å². The summed E-state index contributed by atoms with van der Waals surface area (Å²) in [5.74, 6) is 1.37. The topological polar surface area (TPSA) is 69.6 Å². The number of nitrogens with one attached hydrogen (secondary N) is 1. The molecule has 0 aliphatic heterocycles. The van der Waals surface area contributed by atoms with Gasteiger partial charge in [0.05, 0.1) is 19.3 Å². The molecule has 2 fully saturated rings. The molecule has 0 heterocycles. The van der Waals surface area contributed by atoms with Crippen molar-refractivity contribution in [1.82, 2.24) is 5.32 Å². The Labute approximate surface area is 83.3 Å². The molecule has 4 nitrogen and oxygen atoms in total. The van der Waals surface area contributed by atoms with Crippen molar-refractivity contribution in [3.63, 3.8) is 0 Å². The zero-order valence-electron chi connectivity index (χ0n) is 8.15. The lowest BCUT2D eigenvalue weighted by molar-refractivity contribution is -0.124. The number of hydrogen-bond donors (Lipinski definition) is 3. The Bertz CT molecular complexity index is 217. The van der Waals surface area contributed by atoms with Crippen molar-refractivity contribution in [2.45, 2.75) is 25.3 Å². The van der Waals surface area contributed by atoms with Crippen LogP contribution in [0.4, 0.5) is 0 Å². The van der Waals surface area contributed by atoms with E-state index in [0.29, 0.717) is 11.8 Å². The number of fused-ring (bicyclic) bond motifs is 1. The Balaban J connectivity index is 1.79. The summed E-state index contributed by atoms with van der Waals surface area (Å²) in [7, 11) is 0. The van der Waals surface area contributed by atoms with Crippen LogP contribution in [-0.4, -0.2) is 35.4 Å². The van der Waals surface area contributed by atoms with Crippen LogP contribution in [-0.2, 0) is 4.79 Å². The van der Waals surface area contributed by atoms with Crippen LogP contribution in [0.25, 0.3) is 0 Å². The lowest BCUT2D eigenvalue weighted by Crippen LogP contribution is -2.41. The molecule has 0 aromatic rings. The number of aliphatic hydroxyl groups is 2. The fraction of sp³-hybridized carbons (Fsp3) is 0.900. The van der Waals surface area contributed by atoms with E-state index in [0.717, 1.165) is 0 Å². The summed E-state index contributed by atoms with van der Waals surface area (Å²) in [6, 6.07) is -0.483. The van der Waals surface area contributed by atoms with Crippen LogP contribution in [0.1, 0.15) is 19.3 Å². The molecular formula is C10H17NO3. The summed E-state index contributed by atoms with van der Waals surface area (Å²) in [6.45, 7) is -0.380. The van der Waals surface area contributed by atoms with Gasteiger partial charge in [0.1, 0.15) is 0 Å². The molecular weight excluding hydrogens is 182 g/mol. The van der Waals surface area contributed by atoms with Gasteiger partial charge in [0.25, 0.3) is 0 Å². The molecule has 0 aromatic carbocycles. The maximum atomic E-state index is 11.6. The van der Waals surface area contributed by atoms with E-state index in [1.807, 2.05) is 0 Å². The summed E-state index contributed by atoms with van der Waals surface area (Å²) >= 11 is 0. The molecule has 4 heteroatoms. The van der Waals surface area contributed by atoms with Crippen LogP contribution in [0.15, 0.2) is 0 Å². The van der Waals surface area contributed by atoms with Gasteiger partial charge in [0, 0.05) is 5.92 Å². The Morgan fingerprint density at radius 2 is 1.86 bits per heavy atom. The van der Waals surface area contributed by atoms with Gasteiger partial charge in [-0.3, -0.25) is 4.79 Å². The smallest absolute Gasteiger partial charge is 0.224 e. The van der Waals surface area contributed by atoms with Gasteiger partial charge in [-0.15, -0.1) is 0 Å². The predicted octanol–water partition coefficient (Wildman–Crippen LogP) is -0.498. The van der Waals surface area contributed by atoms with Crippen LogP contribution < -0.4 is 5.32 Å². The second-order valence-corrected chi connectivity index (χ2v) is 4.36. The van der Waals surface area contributed by atoms with Crippen LogP contribution in [0.3, 0.4) is 0 Å². The largest absolute Gasteiger partial charge is 0.394 e. The number of rotatable bonds is 4. The Morgan fingerprint density at radius 3 is 2.36 bits per heavy atom. The van der Waals surface area contributed by atoms with E-state index in [9.17, 15) is 4.79 Å². The highest BCUT2D eigenvalue weighted by molar-refractivity contribution is 5.82. The third-order valence-corrected chi connectivity index (χ3v) is 3.50. The fourth-order valence-corrected chi connectivity index (χ4v) is 2.66. The van der Waals surface area contributed by atoms with Crippen molar-refractivity contribution in [2.24, 2.45) is 17.8 Å². The van der Waals surface area contributed by atoms with E-state index in [4.69, 9.17) is 10.2 Å². The normalized spacial score (nSPS) is 34.4. The van der Waals surface area contributed by atoms with Gasteiger partial charge in [-0.05, 0) is 24.7 Å². The summed E-state index contributed by atoms with van der Waals surface area (Å²) < 4.78 is 0. The quantitative estimate of drug-likeness (QED) is 0.572. The third kappa shape index (κ3) is 1.64. The second-order valence-electron chi connectivity index (χ2n) is 4.36. The standard InChI is InChI=1S/C10H17NO3/c12-4-6(5-13)11-10(14)9-7-2-1-3-8(7)9/h6-9,12-13H,1-5H2,(H,11,14). The third-order valence-electron chi connectivity index (χ3n) is 3.50. The SMILES string of the molecule is O=C(NC(CO)CO)C1C2CCCC21. The fourth-order valence-electron chi connectivity index (χ4n) is 2.66. The monoisotopic (exact) mass is 199 g/mol. The molecule has 2 unspecified atom stereocenters. The van der Waals surface area contributed by atoms with E-state index >= 15 is 0 Å². The van der Waals surface area contributed by atoms with Crippen molar-refractivity contribution in [2.75, 3.05) is 13.2 Å². The van der Waals surface area contributed by atoms with Gasteiger partial charge in [0.2, 0.25) is 5.91 Å². The minimum atomic E-state index is -0.483. The van der Waals surface area contributed by atoms with Crippen molar-refractivity contribution in [1.29, 1.82) is 0 Å². The Hall–Kier alpha value is -0.610. The molecule has 0 radical (unpaired) electrons. The second kappa shape index (κ2) is 3.87. The van der Waals surface area contributed by atoms with Crippen molar-refractivity contribution in [3.8, 4) is 0 Å². The Kier molecular flexibility index (Phi) is 2.74. The van der Waals surface area contributed by atoms with E-state index in [-0.39, 0.29) is 25.0 Å². The molecule has 0 aromatic heterocycles. The summed E-state index contributed by atoms with van der Waals surface area (Å²) in [6.07, 6.45) is 3.60. The lowest BCUT2D eigenvalue weighted by atomic mass is 10.1. The number of hydrogen-bond acceptors (Lipinski definition) is 3. The maximum absolute atomic E-state index is 11.6. The van der Waals surface area contributed by atoms with E-state index in [2.05, 4.69) is 5.32 Å². The molecule has 3 N–H and O–H groups in total. The first kappa shape index (κ1) is 9.93. The van der Waals surface area contributed by atoms with E-state index < -0.39 is 6.04 Å². The zero-order valence-corrected chi connectivity index (χ0v) is 8.15. The van der Waals surface area contributed by atoms with Crippen LogP contribution in [0.5, 0.6) is 0 Å². The van der Waals surface area contributed by atoms with Gasteiger partial charge in [-0.2, -0.15) is 0 Å². The van der Waals surface area contributed by atoms with Gasteiger partial charge in [-0.1, -0.05) is 6.42 Å². The van der Waals surface area contributed by atoms with Crippen molar-refractivity contribution < 1.29 is 15.0 Å². The predicted molar refractivity (Wildman–Crippen MR) is 50.4 cm³/mol. The minimum absolute atomic E-state index is 0.0211. The minimum Gasteiger partial charge on any atom is -0.394 e. The first-order valence-corrected chi connectivity index (χ1v) is 5.30. The van der Waals surface area contributed by atoms with Gasteiger partial charge in [0.15, 0.2) is 0 Å². The average Bonchev–Trinajstić information content (AvgIpc) is 2.69. The lowest BCUT2D eigenvalue weighted by Gasteiger charge is -2.13. The van der Waals surface area contributed by atoms with Crippen LogP contribution >= 0.6 is 0 Å². The van der Waals surface area contributed by atoms with Gasteiger partial charge in [-0.25, -0.2) is 0 Å². The summed E-state index contributed by atoms with van der Waals surface area (Å²) in [4.78, 5) is 11.6. The molecule has 80 valence electrons. The molecule has 0 spiro atoms. The van der Waals surface area contributed by atoms with Crippen molar-refractivity contribution in [3.05, 3.63) is 0 Å². The number of carbonyl (C=O) groups excluding carboxylic acids is 1. The first-order chi connectivity index (χ1) is 6.77. The molecule has 2 saturated carbocycles. The molecule has 0 saturated heterocycles. The molecule has 1 amide bonds. The van der Waals surface area contributed by atoms with E-state index in [1.54, 1.807) is 0 Å². The molecule has 2 rings (SSSR count). The molecule has 2 aliphatic carbocycles. The number of aliphatic hydroxyl groups excluding tert-OH is 2. The first-order valence-electron chi connectivity index (χ1n) is 5.30. The highest BCUT2D eigenvalue weighted by Crippen LogP contribution is 2.57. The summed E-state index contributed by atoms with van der Waals surface area (Å²) in [5.41, 5.74) is 0. The zero-order chi connectivity index (χ0) is 10.1. The molecule has 2 aliphatic rings. The van der Waals surface area contributed by atoms with Gasteiger partial charge < -0.3 is 15.5 Å². The number of carbonyl (C=O) groups is 1. The van der Waals surface area contributed by atoms with E-state index in [1.165, 1.54) is 19.3 Å². The molecule has 0 bridgehead atoms. The summed E-state index contributed by atoms with van der Waals surface area (Å²) in [5, 5.41) is 20.3. The van der Waals surface area contributed by atoms with Gasteiger partial charge >= 0.3 is 0 Å².